The fraction of sp³-hybridized carbons (Fsp3) is 0.294. The van der Waals surface area contributed by atoms with Gasteiger partial charge in [0.2, 0.25) is 0 Å². The van der Waals surface area contributed by atoms with Crippen LogP contribution in [0, 0.1) is 12.7 Å². The molecule has 6 heteroatoms. The Bertz CT molecular complexity index is 842. The van der Waals surface area contributed by atoms with Gasteiger partial charge >= 0.3 is 0 Å². The molecule has 2 aromatic rings. The van der Waals surface area contributed by atoms with Crippen LogP contribution in [0.15, 0.2) is 41.3 Å². The third-order valence-corrected chi connectivity index (χ3v) is 5.33. The third-order valence-electron chi connectivity index (χ3n) is 3.47. The summed E-state index contributed by atoms with van der Waals surface area (Å²) in [5.41, 5.74) is 2.54. The van der Waals surface area contributed by atoms with Gasteiger partial charge in [-0.3, -0.25) is 4.72 Å². The second kappa shape index (κ2) is 6.13. The summed E-state index contributed by atoms with van der Waals surface area (Å²) in [6.07, 6.45) is 0. The Morgan fingerprint density at radius 2 is 1.74 bits per heavy atom. The number of nitrogens with one attached hydrogen (secondary N) is 1. The van der Waals surface area contributed by atoms with Gasteiger partial charge in [0.25, 0.3) is 10.0 Å². The van der Waals surface area contributed by atoms with Crippen molar-refractivity contribution >= 4 is 27.3 Å². The quantitative estimate of drug-likeness (QED) is 0.852. The molecule has 124 valence electrons. The van der Waals surface area contributed by atoms with E-state index in [0.717, 1.165) is 29.3 Å². The fourth-order valence-electron chi connectivity index (χ4n) is 2.47. The summed E-state index contributed by atoms with van der Waals surface area (Å²) in [6, 6.07) is 8.58. The normalized spacial score (nSPS) is 12.3. The van der Waals surface area contributed by atoms with Gasteiger partial charge in [0.15, 0.2) is 0 Å². The Morgan fingerprint density at radius 3 is 2.26 bits per heavy atom. The van der Waals surface area contributed by atoms with Gasteiger partial charge in [-0.25, -0.2) is 12.8 Å². The molecule has 0 atom stereocenters. The van der Waals surface area contributed by atoms with Crippen LogP contribution in [0.25, 0.3) is 0 Å². The summed E-state index contributed by atoms with van der Waals surface area (Å²) in [6.45, 7) is 8.22. The highest BCUT2D eigenvalue weighted by Crippen LogP contribution is 2.29. The molecular weight excluding hydrogens is 337 g/mol. The summed E-state index contributed by atoms with van der Waals surface area (Å²) >= 11 is 5.84. The molecule has 0 heterocycles. The number of hydrogen-bond acceptors (Lipinski definition) is 2. The Hall–Kier alpha value is -1.59. The van der Waals surface area contributed by atoms with Gasteiger partial charge < -0.3 is 0 Å². The topological polar surface area (TPSA) is 46.2 Å². The summed E-state index contributed by atoms with van der Waals surface area (Å²) in [4.78, 5) is -0.155. The van der Waals surface area contributed by atoms with Crippen LogP contribution in [0.5, 0.6) is 0 Å². The van der Waals surface area contributed by atoms with E-state index >= 15 is 0 Å². The Morgan fingerprint density at radius 1 is 1.09 bits per heavy atom. The molecule has 0 aliphatic rings. The van der Waals surface area contributed by atoms with Crippen LogP contribution in [0.1, 0.15) is 31.9 Å². The van der Waals surface area contributed by atoms with Crippen LogP contribution in [0.3, 0.4) is 0 Å². The van der Waals surface area contributed by atoms with Gasteiger partial charge in [-0.2, -0.15) is 0 Å². The number of anilines is 1. The van der Waals surface area contributed by atoms with Gasteiger partial charge in [-0.1, -0.05) is 38.4 Å². The molecule has 3 nitrogen and oxygen atoms in total. The molecule has 0 unspecified atom stereocenters. The highest BCUT2D eigenvalue weighted by molar-refractivity contribution is 7.92. The summed E-state index contributed by atoms with van der Waals surface area (Å²) in [5, 5.41) is -0.152. The molecule has 0 fully saturated rings. The molecule has 2 aromatic carbocycles. The molecule has 1 N–H and O–H groups in total. The maximum atomic E-state index is 13.1. The lowest BCUT2D eigenvalue weighted by atomic mass is 9.84. The molecule has 23 heavy (non-hydrogen) atoms. The number of aryl methyl sites for hydroxylation is 1. The summed E-state index contributed by atoms with van der Waals surface area (Å²) in [7, 11) is -3.87. The summed E-state index contributed by atoms with van der Waals surface area (Å²) in [5.74, 6) is -0.584. The average Bonchev–Trinajstić information content (AvgIpc) is 2.35. The molecular formula is C17H19ClFNO2S. The zero-order valence-electron chi connectivity index (χ0n) is 13.4. The Kier molecular flexibility index (Phi) is 4.74. The number of hydrogen-bond donors (Lipinski definition) is 1. The van der Waals surface area contributed by atoms with Crippen molar-refractivity contribution in [2.45, 2.75) is 38.0 Å². The van der Waals surface area contributed by atoms with Crippen LogP contribution < -0.4 is 4.72 Å². The fourth-order valence-corrected chi connectivity index (χ4v) is 4.05. The van der Waals surface area contributed by atoms with Crippen LogP contribution >= 0.6 is 11.6 Å². The molecule has 0 radical (unpaired) electrons. The summed E-state index contributed by atoms with van der Waals surface area (Å²) < 4.78 is 40.4. The van der Waals surface area contributed by atoms with E-state index in [4.69, 9.17) is 11.6 Å². The van der Waals surface area contributed by atoms with E-state index in [-0.39, 0.29) is 15.3 Å². The van der Waals surface area contributed by atoms with Crippen LogP contribution in [-0.2, 0) is 15.4 Å². The first-order valence-electron chi connectivity index (χ1n) is 7.10. The third kappa shape index (κ3) is 4.03. The smallest absolute Gasteiger partial charge is 0.263 e. The van der Waals surface area contributed by atoms with Gasteiger partial charge in [-0.15, -0.1) is 0 Å². The van der Waals surface area contributed by atoms with Crippen molar-refractivity contribution in [2.75, 3.05) is 4.72 Å². The first-order valence-corrected chi connectivity index (χ1v) is 8.96. The average molecular weight is 356 g/mol. The monoisotopic (exact) mass is 355 g/mol. The second-order valence-electron chi connectivity index (χ2n) is 6.46. The molecule has 2 rings (SSSR count). The van der Waals surface area contributed by atoms with Gasteiger partial charge in [0.1, 0.15) is 10.7 Å². The van der Waals surface area contributed by atoms with E-state index in [9.17, 15) is 12.8 Å². The second-order valence-corrected chi connectivity index (χ2v) is 8.52. The lowest BCUT2D eigenvalue weighted by Crippen LogP contribution is -2.16. The zero-order chi connectivity index (χ0) is 17.4. The van der Waals surface area contributed by atoms with E-state index in [2.05, 4.69) is 25.5 Å². The van der Waals surface area contributed by atoms with Crippen molar-refractivity contribution in [3.63, 3.8) is 0 Å². The predicted molar refractivity (Wildman–Crippen MR) is 92.1 cm³/mol. The van der Waals surface area contributed by atoms with E-state index in [0.29, 0.717) is 5.69 Å². The highest BCUT2D eigenvalue weighted by atomic mass is 35.5. The van der Waals surface area contributed by atoms with E-state index in [1.165, 1.54) is 0 Å². The Labute approximate surface area is 141 Å². The van der Waals surface area contributed by atoms with Gasteiger partial charge in [0.05, 0.1) is 5.02 Å². The molecule has 0 aliphatic carbocycles. The highest BCUT2D eigenvalue weighted by Gasteiger charge is 2.20. The standard InChI is InChI=1S/C17H19ClFNO2S/c1-11-9-13(6-7-14(11)17(2,3)4)20-23(21,22)16-8-5-12(19)10-15(16)18/h5-10,20H,1-4H3. The predicted octanol–water partition coefficient (Wildman–Crippen LogP) is 4.89. The van der Waals surface area contributed by atoms with E-state index in [1.54, 1.807) is 12.1 Å². The molecule has 0 amide bonds. The maximum Gasteiger partial charge on any atom is 0.263 e. The van der Waals surface area contributed by atoms with Crippen molar-refractivity contribution in [3.8, 4) is 0 Å². The molecule has 0 bridgehead atoms. The molecule has 0 spiro atoms. The molecule has 0 saturated heterocycles. The van der Waals surface area contributed by atoms with E-state index < -0.39 is 15.8 Å². The first kappa shape index (κ1) is 17.8. The van der Waals surface area contributed by atoms with Crippen molar-refractivity contribution in [1.82, 2.24) is 0 Å². The molecule has 0 aliphatic heterocycles. The van der Waals surface area contributed by atoms with E-state index in [1.807, 2.05) is 13.0 Å². The number of sulfonamides is 1. The van der Waals surface area contributed by atoms with Crippen molar-refractivity contribution < 1.29 is 12.8 Å². The first-order chi connectivity index (χ1) is 10.5. The number of rotatable bonds is 3. The molecule has 0 aromatic heterocycles. The SMILES string of the molecule is Cc1cc(NS(=O)(=O)c2ccc(F)cc2Cl)ccc1C(C)(C)C. The minimum Gasteiger partial charge on any atom is -0.280 e. The van der Waals surface area contributed by atoms with Crippen molar-refractivity contribution in [1.29, 1.82) is 0 Å². The van der Waals surface area contributed by atoms with Crippen molar-refractivity contribution in [3.05, 3.63) is 58.4 Å². The minimum atomic E-state index is -3.87. The lowest BCUT2D eigenvalue weighted by Gasteiger charge is -2.22. The van der Waals surface area contributed by atoms with Gasteiger partial charge in [-0.05, 0) is 53.8 Å². The minimum absolute atomic E-state index is 0.0260. The van der Waals surface area contributed by atoms with Gasteiger partial charge in [0, 0.05) is 5.69 Å². The lowest BCUT2D eigenvalue weighted by molar-refractivity contribution is 0.586. The number of benzene rings is 2. The van der Waals surface area contributed by atoms with Crippen molar-refractivity contribution in [2.24, 2.45) is 0 Å². The largest absolute Gasteiger partial charge is 0.280 e. The van der Waals surface area contributed by atoms with Crippen LogP contribution in [-0.4, -0.2) is 8.42 Å². The number of halogens is 2. The Balaban J connectivity index is 2.36. The zero-order valence-corrected chi connectivity index (χ0v) is 15.0. The molecule has 0 saturated carbocycles. The van der Waals surface area contributed by atoms with Crippen LogP contribution in [0.2, 0.25) is 5.02 Å². The van der Waals surface area contributed by atoms with Crippen LogP contribution in [0.4, 0.5) is 10.1 Å². The maximum absolute atomic E-state index is 13.1.